The van der Waals surface area contributed by atoms with Gasteiger partial charge in [-0.15, -0.1) is 0 Å². The van der Waals surface area contributed by atoms with Crippen LogP contribution < -0.4 is 0 Å². The molecule has 6 heteroatoms. The third kappa shape index (κ3) is 5.78. The second-order valence-electron chi connectivity index (χ2n) is 13.0. The van der Waals surface area contributed by atoms with Gasteiger partial charge in [0.25, 0.3) is 0 Å². The van der Waals surface area contributed by atoms with E-state index < -0.39 is 0 Å². The lowest BCUT2D eigenvalue weighted by Crippen LogP contribution is -1.96. The highest BCUT2D eigenvalue weighted by atomic mass is 16.3. The average Bonchev–Trinajstić information content (AvgIpc) is 3.68. The molecule has 6 aromatic carbocycles. The molecule has 0 spiro atoms. The highest BCUT2D eigenvalue weighted by Gasteiger charge is 2.14. The van der Waals surface area contributed by atoms with E-state index in [1.807, 2.05) is 54.7 Å². The van der Waals surface area contributed by atoms with Gasteiger partial charge in [-0.3, -0.25) is 4.98 Å². The molecule has 6 nitrogen and oxygen atoms in total. The van der Waals surface area contributed by atoms with Gasteiger partial charge in [-0.25, -0.2) is 19.9 Å². The molecule has 0 fully saturated rings. The smallest absolute Gasteiger partial charge is 0.227 e. The summed E-state index contributed by atoms with van der Waals surface area (Å²) in [6.45, 7) is 0. The van der Waals surface area contributed by atoms with E-state index in [0.717, 1.165) is 83.4 Å². The van der Waals surface area contributed by atoms with Gasteiger partial charge in [-0.2, -0.15) is 0 Å². The van der Waals surface area contributed by atoms with Gasteiger partial charge in [0.05, 0.1) is 28.1 Å². The SMILES string of the molecule is c1ccc(-c2ccc(-c3nc(-c4ccc(-c5ccc6ccc7cccnc7c6n5)cc4)cc(-c4ccc(-c5nc6ccccc6o5)cc4)n3)cc2)cc1. The summed E-state index contributed by atoms with van der Waals surface area (Å²) < 4.78 is 6.03. The van der Waals surface area contributed by atoms with E-state index in [1.165, 1.54) is 5.56 Å². The number of nitrogens with zero attached hydrogens (tertiary/aromatic N) is 5. The quantitative estimate of drug-likeness (QED) is 0.163. The molecule has 10 aromatic rings. The molecule has 0 aliphatic rings. The van der Waals surface area contributed by atoms with Crippen molar-refractivity contribution < 1.29 is 4.42 Å². The Morgan fingerprint density at radius 2 is 0.925 bits per heavy atom. The fourth-order valence-corrected chi connectivity index (χ4v) is 6.79. The summed E-state index contributed by atoms with van der Waals surface area (Å²) in [5, 5.41) is 2.14. The van der Waals surface area contributed by atoms with Crippen molar-refractivity contribution in [1.82, 2.24) is 24.9 Å². The van der Waals surface area contributed by atoms with Gasteiger partial charge < -0.3 is 4.42 Å². The lowest BCUT2D eigenvalue weighted by Gasteiger charge is -2.11. The molecule has 0 saturated carbocycles. The highest BCUT2D eigenvalue weighted by Crippen LogP contribution is 2.33. The number of benzene rings is 6. The van der Waals surface area contributed by atoms with Gasteiger partial charge in [0.1, 0.15) is 5.52 Å². The van der Waals surface area contributed by atoms with E-state index in [9.17, 15) is 0 Å². The summed E-state index contributed by atoms with van der Waals surface area (Å²) in [4.78, 5) is 24.6. The molecule has 4 heterocycles. The maximum Gasteiger partial charge on any atom is 0.227 e. The molecule has 0 aliphatic carbocycles. The minimum absolute atomic E-state index is 0.589. The van der Waals surface area contributed by atoms with Crippen LogP contribution in [0.2, 0.25) is 0 Å². The number of hydrogen-bond donors (Lipinski definition) is 0. The number of para-hydroxylation sites is 2. The fourth-order valence-electron chi connectivity index (χ4n) is 6.79. The summed E-state index contributed by atoms with van der Waals surface area (Å²) in [7, 11) is 0. The standard InChI is InChI=1S/C47H29N5O/c1-2-7-30(8-3-1)31-12-22-37(23-13-31)46-50-41(29-42(51-46)34-18-24-38(25-19-34)47-52-40-10-4-5-11-43(40)53-47)33-16-14-32(15-17-33)39-27-26-36-21-20-35-9-6-28-48-44(35)45(36)49-39/h1-29H. The molecule has 0 saturated heterocycles. The number of hydrogen-bond acceptors (Lipinski definition) is 6. The zero-order chi connectivity index (χ0) is 35.1. The van der Waals surface area contributed by atoms with E-state index in [4.69, 9.17) is 19.4 Å². The Balaban J connectivity index is 1.03. The van der Waals surface area contributed by atoms with Gasteiger partial charge in [0, 0.05) is 44.8 Å². The van der Waals surface area contributed by atoms with Gasteiger partial charge in [-0.1, -0.05) is 127 Å². The number of rotatable bonds is 6. The molecule has 4 aromatic heterocycles. The van der Waals surface area contributed by atoms with Crippen LogP contribution in [0.4, 0.5) is 0 Å². The Labute approximate surface area is 305 Å². The zero-order valence-corrected chi connectivity index (χ0v) is 28.4. The van der Waals surface area contributed by atoms with Crippen molar-refractivity contribution in [3.8, 4) is 67.7 Å². The van der Waals surface area contributed by atoms with Crippen molar-refractivity contribution in [3.63, 3.8) is 0 Å². The maximum absolute atomic E-state index is 6.03. The largest absolute Gasteiger partial charge is 0.436 e. The Kier molecular flexibility index (Phi) is 7.36. The van der Waals surface area contributed by atoms with Crippen LogP contribution in [0.3, 0.4) is 0 Å². The molecule has 0 N–H and O–H groups in total. The van der Waals surface area contributed by atoms with Crippen LogP contribution in [0.15, 0.2) is 180 Å². The number of oxazole rings is 1. The molecular weight excluding hydrogens is 651 g/mol. The first kappa shape index (κ1) is 30.5. The first-order valence-electron chi connectivity index (χ1n) is 17.5. The lowest BCUT2D eigenvalue weighted by atomic mass is 10.0. The van der Waals surface area contributed by atoms with Crippen LogP contribution in [0.25, 0.3) is 101 Å². The molecule has 248 valence electrons. The van der Waals surface area contributed by atoms with Crippen LogP contribution in [0.1, 0.15) is 0 Å². The Morgan fingerprint density at radius 1 is 0.358 bits per heavy atom. The van der Waals surface area contributed by atoms with Crippen LogP contribution in [-0.2, 0) is 0 Å². The number of aromatic nitrogens is 5. The molecule has 0 aliphatic heterocycles. The Bertz CT molecular complexity index is 2890. The second-order valence-corrected chi connectivity index (χ2v) is 13.0. The van der Waals surface area contributed by atoms with Crippen LogP contribution in [-0.4, -0.2) is 24.9 Å². The van der Waals surface area contributed by atoms with E-state index >= 15 is 0 Å². The van der Waals surface area contributed by atoms with Crippen LogP contribution in [0, 0.1) is 0 Å². The minimum atomic E-state index is 0.589. The monoisotopic (exact) mass is 679 g/mol. The van der Waals surface area contributed by atoms with Crippen LogP contribution in [0.5, 0.6) is 0 Å². The summed E-state index contributed by atoms with van der Waals surface area (Å²) >= 11 is 0. The van der Waals surface area contributed by atoms with Gasteiger partial charge in [0.15, 0.2) is 11.4 Å². The van der Waals surface area contributed by atoms with Crippen molar-refractivity contribution in [2.75, 3.05) is 0 Å². The second kappa shape index (κ2) is 12.8. The van der Waals surface area contributed by atoms with E-state index in [2.05, 4.69) is 131 Å². The molecule has 0 atom stereocenters. The average molecular weight is 680 g/mol. The maximum atomic E-state index is 6.03. The first-order valence-corrected chi connectivity index (χ1v) is 17.5. The van der Waals surface area contributed by atoms with E-state index in [-0.39, 0.29) is 0 Å². The molecule has 0 bridgehead atoms. The third-order valence-electron chi connectivity index (χ3n) is 9.61. The van der Waals surface area contributed by atoms with Crippen molar-refractivity contribution in [2.45, 2.75) is 0 Å². The zero-order valence-electron chi connectivity index (χ0n) is 28.4. The fraction of sp³-hybridized carbons (Fsp3) is 0. The first-order chi connectivity index (χ1) is 26.2. The van der Waals surface area contributed by atoms with Crippen molar-refractivity contribution in [3.05, 3.63) is 176 Å². The lowest BCUT2D eigenvalue weighted by molar-refractivity contribution is 0.620. The molecule has 10 rings (SSSR count). The predicted octanol–water partition coefficient (Wildman–Crippen LogP) is 11.7. The Hall–Kier alpha value is -7.31. The van der Waals surface area contributed by atoms with Gasteiger partial charge >= 0.3 is 0 Å². The molecule has 0 radical (unpaired) electrons. The van der Waals surface area contributed by atoms with Crippen molar-refractivity contribution in [1.29, 1.82) is 0 Å². The Morgan fingerprint density at radius 3 is 1.64 bits per heavy atom. The van der Waals surface area contributed by atoms with E-state index in [0.29, 0.717) is 11.7 Å². The third-order valence-corrected chi connectivity index (χ3v) is 9.61. The normalized spacial score (nSPS) is 11.4. The summed E-state index contributed by atoms with van der Waals surface area (Å²) in [6.07, 6.45) is 1.82. The highest BCUT2D eigenvalue weighted by molar-refractivity contribution is 6.03. The van der Waals surface area contributed by atoms with Gasteiger partial charge in [0.2, 0.25) is 5.89 Å². The predicted molar refractivity (Wildman–Crippen MR) is 213 cm³/mol. The molecular formula is C47H29N5O. The number of pyridine rings is 2. The van der Waals surface area contributed by atoms with E-state index in [1.54, 1.807) is 0 Å². The number of fused-ring (bicyclic) bond motifs is 4. The van der Waals surface area contributed by atoms with Crippen molar-refractivity contribution >= 4 is 32.9 Å². The summed E-state index contributed by atoms with van der Waals surface area (Å²) in [6, 6.07) is 57.6. The molecule has 0 unspecified atom stereocenters. The molecule has 0 amide bonds. The van der Waals surface area contributed by atoms with Gasteiger partial charge in [-0.05, 0) is 53.6 Å². The van der Waals surface area contributed by atoms with Crippen LogP contribution >= 0.6 is 0 Å². The molecule has 53 heavy (non-hydrogen) atoms. The topological polar surface area (TPSA) is 77.6 Å². The summed E-state index contributed by atoms with van der Waals surface area (Å²) in [5.74, 6) is 1.24. The summed E-state index contributed by atoms with van der Waals surface area (Å²) in [5.41, 5.74) is 13.1. The van der Waals surface area contributed by atoms with Crippen molar-refractivity contribution in [2.24, 2.45) is 0 Å². The minimum Gasteiger partial charge on any atom is -0.436 e.